The van der Waals surface area contributed by atoms with Crippen molar-refractivity contribution in [1.29, 1.82) is 0 Å². The molecule has 0 aliphatic carbocycles. The molecule has 1 aromatic rings. The van der Waals surface area contributed by atoms with E-state index < -0.39 is 38.5 Å². The monoisotopic (exact) mass is 309 g/mol. The van der Waals surface area contributed by atoms with E-state index in [0.717, 1.165) is 18.2 Å². The van der Waals surface area contributed by atoms with Crippen LogP contribution in [-0.2, 0) is 26.6 Å². The Labute approximate surface area is 114 Å². The second-order valence-electron chi connectivity index (χ2n) is 4.26. The van der Waals surface area contributed by atoms with E-state index >= 15 is 0 Å². The molecule has 1 N–H and O–H groups in total. The van der Waals surface area contributed by atoms with Crippen molar-refractivity contribution >= 4 is 15.7 Å². The summed E-state index contributed by atoms with van der Waals surface area (Å²) in [5.41, 5.74) is -0.923. The third kappa shape index (κ3) is 3.96. The predicted molar refractivity (Wildman–Crippen MR) is 67.6 cm³/mol. The van der Waals surface area contributed by atoms with Crippen LogP contribution >= 0.6 is 0 Å². The minimum atomic E-state index is -4.54. The fourth-order valence-electron chi connectivity index (χ4n) is 1.56. The summed E-state index contributed by atoms with van der Waals surface area (Å²) in [6.45, 7) is 1.20. The molecule has 20 heavy (non-hydrogen) atoms. The van der Waals surface area contributed by atoms with Gasteiger partial charge in [-0.3, -0.25) is 4.79 Å². The molecule has 1 rings (SSSR count). The van der Waals surface area contributed by atoms with Gasteiger partial charge in [0.05, 0.1) is 11.3 Å². The lowest BCUT2D eigenvalue weighted by molar-refractivity contribution is -0.137. The summed E-state index contributed by atoms with van der Waals surface area (Å²) < 4.78 is 61.4. The molecule has 112 valence electrons. The van der Waals surface area contributed by atoms with Gasteiger partial charge in [-0.15, -0.1) is 0 Å². The van der Waals surface area contributed by atoms with Gasteiger partial charge in [0, 0.05) is 7.05 Å². The van der Waals surface area contributed by atoms with Crippen LogP contribution in [0.1, 0.15) is 18.1 Å². The lowest BCUT2D eigenvalue weighted by Gasteiger charge is -2.13. The molecule has 0 aliphatic heterocycles. The first-order valence-electron chi connectivity index (χ1n) is 5.67. The Morgan fingerprint density at radius 1 is 1.35 bits per heavy atom. The molecule has 8 heteroatoms. The number of carbonyl (C=O) groups is 1. The molecular weight excluding hydrogens is 295 g/mol. The van der Waals surface area contributed by atoms with Gasteiger partial charge in [-0.2, -0.15) is 13.2 Å². The van der Waals surface area contributed by atoms with E-state index in [2.05, 4.69) is 5.32 Å². The maximum Gasteiger partial charge on any atom is 0.416 e. The number of sulfone groups is 1. The van der Waals surface area contributed by atoms with E-state index in [4.69, 9.17) is 0 Å². The van der Waals surface area contributed by atoms with Crippen molar-refractivity contribution in [2.45, 2.75) is 24.1 Å². The van der Waals surface area contributed by atoms with Crippen molar-refractivity contribution in [2.24, 2.45) is 0 Å². The number of amides is 1. The van der Waals surface area contributed by atoms with Gasteiger partial charge in [0.1, 0.15) is 5.25 Å². The van der Waals surface area contributed by atoms with Crippen molar-refractivity contribution in [3.8, 4) is 0 Å². The van der Waals surface area contributed by atoms with Gasteiger partial charge in [-0.05, 0) is 18.6 Å². The van der Waals surface area contributed by atoms with Crippen LogP contribution in [0.15, 0.2) is 24.3 Å². The summed E-state index contributed by atoms with van der Waals surface area (Å²) in [5, 5.41) is 0.877. The van der Waals surface area contributed by atoms with E-state index in [-0.39, 0.29) is 5.56 Å². The molecule has 0 aliphatic rings. The summed E-state index contributed by atoms with van der Waals surface area (Å²) in [6.07, 6.45) is -4.54. The fourth-order valence-corrected chi connectivity index (χ4v) is 2.90. The van der Waals surface area contributed by atoms with Crippen molar-refractivity contribution in [2.75, 3.05) is 7.05 Å². The molecule has 1 atom stereocenters. The first kappa shape index (κ1) is 16.5. The molecule has 4 nitrogen and oxygen atoms in total. The highest BCUT2D eigenvalue weighted by atomic mass is 32.2. The molecule has 0 fully saturated rings. The van der Waals surface area contributed by atoms with Crippen LogP contribution in [0.5, 0.6) is 0 Å². The Kier molecular flexibility index (Phi) is 4.80. The Hall–Kier alpha value is -1.57. The van der Waals surface area contributed by atoms with Gasteiger partial charge in [-0.1, -0.05) is 18.2 Å². The van der Waals surface area contributed by atoms with Crippen molar-refractivity contribution in [3.63, 3.8) is 0 Å². The zero-order valence-electron chi connectivity index (χ0n) is 10.9. The Bertz CT molecular complexity index is 596. The second-order valence-corrected chi connectivity index (χ2v) is 6.58. The minimum absolute atomic E-state index is 0.00409. The van der Waals surface area contributed by atoms with Gasteiger partial charge in [0.15, 0.2) is 9.84 Å². The van der Waals surface area contributed by atoms with Crippen LogP contribution < -0.4 is 5.32 Å². The number of halogens is 3. The maximum absolute atomic E-state index is 12.5. The first-order valence-corrected chi connectivity index (χ1v) is 7.39. The summed E-state index contributed by atoms with van der Waals surface area (Å²) in [7, 11) is -2.58. The number of hydrogen-bond donors (Lipinski definition) is 1. The molecule has 1 amide bonds. The Balaban J connectivity index is 3.02. The highest BCUT2D eigenvalue weighted by Crippen LogP contribution is 2.30. The number of benzene rings is 1. The van der Waals surface area contributed by atoms with Crippen molar-refractivity contribution in [3.05, 3.63) is 35.4 Å². The summed E-state index contributed by atoms with van der Waals surface area (Å²) >= 11 is 0. The first-order chi connectivity index (χ1) is 9.08. The molecular formula is C12H14F3NO3S. The lowest BCUT2D eigenvalue weighted by atomic mass is 10.1. The van der Waals surface area contributed by atoms with Crippen LogP contribution in [0.2, 0.25) is 0 Å². The molecule has 0 saturated carbocycles. The molecule has 0 saturated heterocycles. The predicted octanol–water partition coefficient (Wildman–Crippen LogP) is 1.75. The molecule has 0 spiro atoms. The van der Waals surface area contributed by atoms with Crippen LogP contribution in [0.4, 0.5) is 13.2 Å². The third-order valence-corrected chi connectivity index (χ3v) is 4.80. The van der Waals surface area contributed by atoms with Gasteiger partial charge in [0.25, 0.3) is 0 Å². The van der Waals surface area contributed by atoms with Crippen molar-refractivity contribution in [1.82, 2.24) is 5.32 Å². The zero-order valence-corrected chi connectivity index (χ0v) is 11.7. The van der Waals surface area contributed by atoms with E-state index in [9.17, 15) is 26.4 Å². The van der Waals surface area contributed by atoms with Gasteiger partial charge >= 0.3 is 6.18 Å². The lowest BCUT2D eigenvalue weighted by Crippen LogP contribution is -2.36. The van der Waals surface area contributed by atoms with E-state index in [1.165, 1.54) is 20.0 Å². The zero-order chi connectivity index (χ0) is 15.6. The molecule has 0 heterocycles. The SMILES string of the molecule is CNC(=O)[C@H](C)S(=O)(=O)Cc1cccc(C(F)(F)F)c1. The van der Waals surface area contributed by atoms with Gasteiger partial charge in [-0.25, -0.2) is 8.42 Å². The number of rotatable bonds is 4. The molecule has 0 aromatic heterocycles. The number of carbonyl (C=O) groups excluding carboxylic acids is 1. The topological polar surface area (TPSA) is 63.2 Å². The second kappa shape index (κ2) is 5.82. The Morgan fingerprint density at radius 3 is 2.45 bits per heavy atom. The van der Waals surface area contributed by atoms with Gasteiger partial charge in [0.2, 0.25) is 5.91 Å². The fraction of sp³-hybridized carbons (Fsp3) is 0.417. The summed E-state index contributed by atoms with van der Waals surface area (Å²) in [4.78, 5) is 11.3. The number of hydrogen-bond acceptors (Lipinski definition) is 3. The van der Waals surface area contributed by atoms with Crippen LogP contribution in [0.25, 0.3) is 0 Å². The average Bonchev–Trinajstić information content (AvgIpc) is 2.35. The quantitative estimate of drug-likeness (QED) is 0.922. The van der Waals surface area contributed by atoms with Crippen LogP contribution in [0, 0.1) is 0 Å². The number of alkyl halides is 3. The smallest absolute Gasteiger partial charge is 0.358 e. The summed E-state index contributed by atoms with van der Waals surface area (Å²) in [6, 6.07) is 4.05. The highest BCUT2D eigenvalue weighted by molar-refractivity contribution is 7.92. The maximum atomic E-state index is 12.5. The highest BCUT2D eigenvalue weighted by Gasteiger charge is 2.32. The van der Waals surface area contributed by atoms with Crippen molar-refractivity contribution < 1.29 is 26.4 Å². The Morgan fingerprint density at radius 2 is 1.95 bits per heavy atom. The van der Waals surface area contributed by atoms with E-state index in [1.807, 2.05) is 0 Å². The molecule has 0 unspecified atom stereocenters. The largest absolute Gasteiger partial charge is 0.416 e. The van der Waals surface area contributed by atoms with Gasteiger partial charge < -0.3 is 5.32 Å². The van der Waals surface area contributed by atoms with E-state index in [1.54, 1.807) is 0 Å². The minimum Gasteiger partial charge on any atom is -0.358 e. The van der Waals surface area contributed by atoms with Crippen LogP contribution in [-0.4, -0.2) is 26.6 Å². The summed E-state index contributed by atoms with van der Waals surface area (Å²) in [5.74, 6) is -1.32. The number of nitrogens with one attached hydrogen (secondary N) is 1. The molecule has 0 radical (unpaired) electrons. The third-order valence-electron chi connectivity index (χ3n) is 2.78. The average molecular weight is 309 g/mol. The molecule has 0 bridgehead atoms. The van der Waals surface area contributed by atoms with Crippen LogP contribution in [0.3, 0.4) is 0 Å². The molecule has 1 aromatic carbocycles. The standard InChI is InChI=1S/C12H14F3NO3S/c1-8(11(17)16-2)20(18,19)7-9-4-3-5-10(6-9)12(13,14)15/h3-6,8H,7H2,1-2H3,(H,16,17)/t8-/m0/s1. The van der Waals surface area contributed by atoms with E-state index in [0.29, 0.717) is 0 Å². The normalized spacial score (nSPS) is 13.8.